The minimum Gasteiger partial charge on any atom is -0.481 e. The van der Waals surface area contributed by atoms with Crippen molar-refractivity contribution in [3.63, 3.8) is 0 Å². The van der Waals surface area contributed by atoms with E-state index >= 15 is 0 Å². The topological polar surface area (TPSA) is 38.3 Å². The predicted octanol–water partition coefficient (Wildman–Crippen LogP) is 3.40. The minimum absolute atomic E-state index is 0.158. The molecule has 2 rings (SSSR count). The number of hydrogen-bond acceptors (Lipinski definition) is 2. The molecule has 1 atom stereocenters. The number of carbonyl (C=O) groups excluding carboxylic acids is 1. The average Bonchev–Trinajstić information content (AvgIpc) is 2.40. The Morgan fingerprint density at radius 1 is 1.11 bits per heavy atom. The van der Waals surface area contributed by atoms with E-state index in [0.29, 0.717) is 5.75 Å². The molecule has 1 amide bonds. The van der Waals surface area contributed by atoms with Crippen LogP contribution in [0.5, 0.6) is 5.75 Å². The highest BCUT2D eigenvalue weighted by Gasteiger charge is 2.14. The highest BCUT2D eigenvalue weighted by Crippen LogP contribution is 2.13. The first-order valence-electron chi connectivity index (χ1n) is 6.24. The molecule has 0 saturated carbocycles. The van der Waals surface area contributed by atoms with E-state index in [1.54, 1.807) is 6.92 Å². The maximum atomic E-state index is 12.0. The van der Waals surface area contributed by atoms with Crippen LogP contribution in [0.3, 0.4) is 0 Å². The molecule has 0 aliphatic carbocycles. The first-order chi connectivity index (χ1) is 9.15. The Balaban J connectivity index is 1.96. The molecular weight excluding hydrogens is 238 g/mol. The molecule has 3 nitrogen and oxygen atoms in total. The highest BCUT2D eigenvalue weighted by molar-refractivity contribution is 5.94. The van der Waals surface area contributed by atoms with E-state index in [1.165, 1.54) is 0 Å². The predicted molar refractivity (Wildman–Crippen MR) is 76.3 cm³/mol. The third-order valence-corrected chi connectivity index (χ3v) is 2.71. The van der Waals surface area contributed by atoms with Crippen LogP contribution in [-0.4, -0.2) is 12.0 Å². The lowest BCUT2D eigenvalue weighted by Crippen LogP contribution is -2.30. The van der Waals surface area contributed by atoms with Gasteiger partial charge in [-0.1, -0.05) is 30.3 Å². The quantitative estimate of drug-likeness (QED) is 0.909. The van der Waals surface area contributed by atoms with E-state index in [4.69, 9.17) is 4.74 Å². The van der Waals surface area contributed by atoms with Crippen molar-refractivity contribution >= 4 is 11.6 Å². The molecular formula is C16H17NO2. The van der Waals surface area contributed by atoms with Crippen molar-refractivity contribution in [3.8, 4) is 5.75 Å². The molecule has 1 unspecified atom stereocenters. The molecule has 2 aromatic carbocycles. The summed E-state index contributed by atoms with van der Waals surface area (Å²) in [4.78, 5) is 12.0. The lowest BCUT2D eigenvalue weighted by molar-refractivity contribution is -0.122. The van der Waals surface area contributed by atoms with Gasteiger partial charge < -0.3 is 10.1 Å². The van der Waals surface area contributed by atoms with Gasteiger partial charge in [0.25, 0.3) is 5.91 Å². The highest BCUT2D eigenvalue weighted by atomic mass is 16.5. The van der Waals surface area contributed by atoms with Crippen molar-refractivity contribution in [1.82, 2.24) is 0 Å². The smallest absolute Gasteiger partial charge is 0.265 e. The Hall–Kier alpha value is -2.29. The van der Waals surface area contributed by atoms with Crippen LogP contribution in [0.25, 0.3) is 0 Å². The molecule has 0 spiro atoms. The van der Waals surface area contributed by atoms with Gasteiger partial charge in [0.05, 0.1) is 0 Å². The van der Waals surface area contributed by atoms with Crippen LogP contribution >= 0.6 is 0 Å². The van der Waals surface area contributed by atoms with Crippen LogP contribution in [0.1, 0.15) is 12.5 Å². The fourth-order valence-electron chi connectivity index (χ4n) is 1.72. The molecule has 98 valence electrons. The third-order valence-electron chi connectivity index (χ3n) is 2.71. The number of rotatable bonds is 4. The zero-order chi connectivity index (χ0) is 13.7. The molecule has 0 heterocycles. The summed E-state index contributed by atoms with van der Waals surface area (Å²) in [6.45, 7) is 3.72. The number of anilines is 1. The van der Waals surface area contributed by atoms with Crippen molar-refractivity contribution in [2.24, 2.45) is 0 Å². The second kappa shape index (κ2) is 6.05. The van der Waals surface area contributed by atoms with Gasteiger partial charge >= 0.3 is 0 Å². The lowest BCUT2D eigenvalue weighted by Gasteiger charge is -2.14. The van der Waals surface area contributed by atoms with Crippen LogP contribution in [0, 0.1) is 6.92 Å². The number of aryl methyl sites for hydroxylation is 1. The van der Waals surface area contributed by atoms with Gasteiger partial charge in [0.2, 0.25) is 0 Å². The van der Waals surface area contributed by atoms with E-state index in [-0.39, 0.29) is 5.91 Å². The Bertz CT molecular complexity index is 552. The number of para-hydroxylation sites is 1. The number of benzene rings is 2. The monoisotopic (exact) mass is 255 g/mol. The van der Waals surface area contributed by atoms with Crippen molar-refractivity contribution in [3.05, 3.63) is 60.2 Å². The molecule has 0 radical (unpaired) electrons. The van der Waals surface area contributed by atoms with Gasteiger partial charge in [0.1, 0.15) is 5.75 Å². The summed E-state index contributed by atoms with van der Waals surface area (Å²) in [5.74, 6) is 0.531. The molecule has 2 aromatic rings. The number of amides is 1. The van der Waals surface area contributed by atoms with Crippen LogP contribution in [0.2, 0.25) is 0 Å². The van der Waals surface area contributed by atoms with E-state index in [0.717, 1.165) is 11.3 Å². The van der Waals surface area contributed by atoms with E-state index in [1.807, 2.05) is 61.5 Å². The van der Waals surface area contributed by atoms with Crippen LogP contribution in [0.4, 0.5) is 5.69 Å². The molecule has 0 aromatic heterocycles. The van der Waals surface area contributed by atoms with E-state index < -0.39 is 6.10 Å². The molecule has 0 fully saturated rings. The van der Waals surface area contributed by atoms with Gasteiger partial charge in [0.15, 0.2) is 6.10 Å². The normalized spacial score (nSPS) is 11.7. The molecule has 1 N–H and O–H groups in total. The van der Waals surface area contributed by atoms with Gasteiger partial charge in [-0.05, 0) is 43.7 Å². The molecule has 3 heteroatoms. The fourth-order valence-corrected chi connectivity index (χ4v) is 1.72. The van der Waals surface area contributed by atoms with Gasteiger partial charge in [-0.15, -0.1) is 0 Å². The molecule has 0 aliphatic rings. The zero-order valence-corrected chi connectivity index (χ0v) is 11.1. The van der Waals surface area contributed by atoms with Crippen molar-refractivity contribution in [1.29, 1.82) is 0 Å². The number of carbonyl (C=O) groups is 1. The summed E-state index contributed by atoms with van der Waals surface area (Å²) < 4.78 is 5.57. The van der Waals surface area contributed by atoms with E-state index in [2.05, 4.69) is 5.32 Å². The van der Waals surface area contributed by atoms with Crippen LogP contribution in [0.15, 0.2) is 54.6 Å². The first-order valence-corrected chi connectivity index (χ1v) is 6.24. The number of hydrogen-bond donors (Lipinski definition) is 1. The van der Waals surface area contributed by atoms with Crippen molar-refractivity contribution < 1.29 is 9.53 Å². The van der Waals surface area contributed by atoms with Gasteiger partial charge in [-0.3, -0.25) is 4.79 Å². The standard InChI is InChI=1S/C16H17NO2/c1-12-7-6-8-14(11-12)17-16(18)13(2)19-15-9-4-3-5-10-15/h3-11,13H,1-2H3,(H,17,18). The summed E-state index contributed by atoms with van der Waals surface area (Å²) in [5.41, 5.74) is 1.89. The third kappa shape index (κ3) is 3.85. The number of ether oxygens (including phenoxy) is 1. The van der Waals surface area contributed by atoms with Gasteiger partial charge in [-0.25, -0.2) is 0 Å². The Kier molecular flexibility index (Phi) is 4.18. The van der Waals surface area contributed by atoms with Crippen molar-refractivity contribution in [2.45, 2.75) is 20.0 Å². The first kappa shape index (κ1) is 13.1. The second-order valence-electron chi connectivity index (χ2n) is 4.43. The molecule has 0 bridgehead atoms. The minimum atomic E-state index is -0.539. The fraction of sp³-hybridized carbons (Fsp3) is 0.188. The van der Waals surface area contributed by atoms with E-state index in [9.17, 15) is 4.79 Å². The summed E-state index contributed by atoms with van der Waals surface area (Å²) in [6, 6.07) is 17.0. The largest absolute Gasteiger partial charge is 0.481 e. The average molecular weight is 255 g/mol. The SMILES string of the molecule is Cc1cccc(NC(=O)C(C)Oc2ccccc2)c1. The van der Waals surface area contributed by atoms with Crippen molar-refractivity contribution in [2.75, 3.05) is 5.32 Å². The summed E-state index contributed by atoms with van der Waals surface area (Å²) >= 11 is 0. The summed E-state index contributed by atoms with van der Waals surface area (Å²) in [5, 5.41) is 2.84. The van der Waals surface area contributed by atoms with Gasteiger partial charge in [-0.2, -0.15) is 0 Å². The van der Waals surface area contributed by atoms with Gasteiger partial charge in [0, 0.05) is 5.69 Å². The Morgan fingerprint density at radius 3 is 2.53 bits per heavy atom. The Morgan fingerprint density at radius 2 is 1.84 bits per heavy atom. The van der Waals surface area contributed by atoms with Crippen LogP contribution in [-0.2, 0) is 4.79 Å². The molecule has 0 aliphatic heterocycles. The molecule has 0 saturated heterocycles. The summed E-state index contributed by atoms with van der Waals surface area (Å²) in [6.07, 6.45) is -0.539. The lowest BCUT2D eigenvalue weighted by atomic mass is 10.2. The van der Waals surface area contributed by atoms with Crippen LogP contribution < -0.4 is 10.1 Å². The summed E-state index contributed by atoms with van der Waals surface area (Å²) in [7, 11) is 0. The number of nitrogens with one attached hydrogen (secondary N) is 1. The maximum absolute atomic E-state index is 12.0. The maximum Gasteiger partial charge on any atom is 0.265 e. The second-order valence-corrected chi connectivity index (χ2v) is 4.43. The zero-order valence-electron chi connectivity index (χ0n) is 11.1. The molecule has 19 heavy (non-hydrogen) atoms. The Labute approximate surface area is 113 Å².